The molecule has 0 bridgehead atoms. The first-order valence-corrected chi connectivity index (χ1v) is 11.2. The van der Waals surface area contributed by atoms with Gasteiger partial charge in [0.15, 0.2) is 0 Å². The van der Waals surface area contributed by atoms with E-state index in [0.717, 1.165) is 23.3 Å². The number of aromatic nitrogens is 1. The first kappa shape index (κ1) is 23.8. The maximum absolute atomic E-state index is 13.8. The number of benzene rings is 2. The Morgan fingerprint density at radius 2 is 1.85 bits per heavy atom. The number of carbonyl (C=O) groups excluding carboxylic acids is 2. The molecule has 33 heavy (non-hydrogen) atoms. The van der Waals surface area contributed by atoms with Gasteiger partial charge in [-0.15, -0.1) is 4.83 Å². The fourth-order valence-electron chi connectivity index (χ4n) is 3.04. The summed E-state index contributed by atoms with van der Waals surface area (Å²) in [6.45, 7) is 5.41. The molecule has 0 aliphatic carbocycles. The molecule has 3 rings (SSSR count). The topological polar surface area (TPSA) is 131 Å². The van der Waals surface area contributed by atoms with Crippen LogP contribution >= 0.6 is 0 Å². The van der Waals surface area contributed by atoms with E-state index in [1.165, 1.54) is 18.2 Å². The van der Waals surface area contributed by atoms with Crippen molar-refractivity contribution in [3.63, 3.8) is 0 Å². The molecule has 3 aromatic rings. The lowest BCUT2D eigenvalue weighted by Crippen LogP contribution is -2.41. The Morgan fingerprint density at radius 3 is 2.55 bits per heavy atom. The zero-order valence-corrected chi connectivity index (χ0v) is 18.4. The Balaban J connectivity index is 1.82. The third-order valence-corrected chi connectivity index (χ3v) is 5.93. The molecular weight excluding hydrogens is 447 g/mol. The molecule has 0 aliphatic rings. The molecule has 170 valence electrons. The van der Waals surface area contributed by atoms with Gasteiger partial charge in [0.2, 0.25) is 5.91 Å². The molecule has 0 saturated carbocycles. The summed E-state index contributed by atoms with van der Waals surface area (Å²) < 4.78 is 38.4. The number of nitrogens with two attached hydrogens (primary N) is 1. The Hall–Kier alpha value is -3.89. The quantitative estimate of drug-likeness (QED) is 0.345. The minimum absolute atomic E-state index is 0.162. The number of halogens is 1. The van der Waals surface area contributed by atoms with Crippen LogP contribution in [0, 0.1) is 12.7 Å². The van der Waals surface area contributed by atoms with Gasteiger partial charge in [-0.05, 0) is 60.5 Å². The molecule has 1 aromatic heterocycles. The zero-order valence-electron chi connectivity index (χ0n) is 17.6. The summed E-state index contributed by atoms with van der Waals surface area (Å²) in [7, 11) is -4.31. The molecule has 0 fully saturated rings. The number of carbonyl (C=O) groups is 2. The summed E-state index contributed by atoms with van der Waals surface area (Å²) in [5, 5.41) is 0. The van der Waals surface area contributed by atoms with Crippen LogP contribution < -0.4 is 16.0 Å². The van der Waals surface area contributed by atoms with Gasteiger partial charge in [-0.1, -0.05) is 18.7 Å². The molecule has 1 heterocycles. The van der Waals surface area contributed by atoms with E-state index < -0.39 is 32.6 Å². The van der Waals surface area contributed by atoms with Crippen LogP contribution in [0.2, 0.25) is 0 Å². The van der Waals surface area contributed by atoms with Crippen molar-refractivity contribution in [1.29, 1.82) is 0 Å². The lowest BCUT2D eigenvalue weighted by Gasteiger charge is -2.11. The maximum atomic E-state index is 13.8. The molecular formula is C23H21FN4O4S. The number of amides is 2. The predicted molar refractivity (Wildman–Crippen MR) is 121 cm³/mol. The van der Waals surface area contributed by atoms with Gasteiger partial charge in [0.1, 0.15) is 10.7 Å². The van der Waals surface area contributed by atoms with Crippen molar-refractivity contribution in [3.8, 4) is 11.3 Å². The first-order valence-electron chi connectivity index (χ1n) is 9.68. The predicted octanol–water partition coefficient (Wildman–Crippen LogP) is 2.40. The van der Waals surface area contributed by atoms with Gasteiger partial charge in [0.05, 0.1) is 5.69 Å². The van der Waals surface area contributed by atoms with E-state index in [2.05, 4.69) is 17.0 Å². The summed E-state index contributed by atoms with van der Waals surface area (Å²) in [4.78, 5) is 29.5. The van der Waals surface area contributed by atoms with Gasteiger partial charge in [-0.25, -0.2) is 12.8 Å². The molecule has 2 amide bonds. The standard InChI is InChI=1S/C23H21FN4O4S/c1-14-9-17(20-12-16(7-8-26-20)11-15(2)22(25)29)13-18(10-14)23(30)27-28-33(31,32)21-6-4-3-5-19(21)24/h3-10,12-13,28H,2,11H2,1H3,(H2,25,29)(H,27,30). The molecule has 8 nitrogen and oxygen atoms in total. The van der Waals surface area contributed by atoms with Crippen LogP contribution in [0.5, 0.6) is 0 Å². The summed E-state index contributed by atoms with van der Waals surface area (Å²) >= 11 is 0. The number of nitrogens with zero attached hydrogens (tertiary/aromatic N) is 1. The number of hydrazine groups is 1. The van der Waals surface area contributed by atoms with Crippen molar-refractivity contribution < 1.29 is 22.4 Å². The number of hydrogen-bond acceptors (Lipinski definition) is 5. The fourth-order valence-corrected chi connectivity index (χ4v) is 3.96. The molecule has 0 saturated heterocycles. The SMILES string of the molecule is C=C(Cc1ccnc(-c2cc(C)cc(C(=O)NNS(=O)(=O)c3ccccc3F)c2)c1)C(N)=O. The number of pyridine rings is 1. The molecule has 4 N–H and O–H groups in total. The van der Waals surface area contributed by atoms with Crippen molar-refractivity contribution in [2.75, 3.05) is 0 Å². The number of hydrogen-bond donors (Lipinski definition) is 3. The van der Waals surface area contributed by atoms with Gasteiger partial charge in [-0.3, -0.25) is 20.0 Å². The lowest BCUT2D eigenvalue weighted by atomic mass is 10.0. The van der Waals surface area contributed by atoms with Crippen LogP contribution in [0.4, 0.5) is 4.39 Å². The van der Waals surface area contributed by atoms with Crippen LogP contribution in [0.25, 0.3) is 11.3 Å². The Labute approximate surface area is 190 Å². The number of nitrogens with one attached hydrogen (secondary N) is 2. The zero-order chi connectivity index (χ0) is 24.2. The number of aryl methyl sites for hydroxylation is 1. The minimum atomic E-state index is -4.31. The highest BCUT2D eigenvalue weighted by Crippen LogP contribution is 2.22. The molecule has 2 aromatic carbocycles. The van der Waals surface area contributed by atoms with E-state index in [-0.39, 0.29) is 17.6 Å². The normalized spacial score (nSPS) is 11.1. The third-order valence-electron chi connectivity index (χ3n) is 4.65. The van der Waals surface area contributed by atoms with E-state index in [1.807, 2.05) is 4.83 Å². The second-order valence-electron chi connectivity index (χ2n) is 7.27. The van der Waals surface area contributed by atoms with Crippen molar-refractivity contribution in [3.05, 3.63) is 95.5 Å². The fraction of sp³-hybridized carbons (Fsp3) is 0.0870. The molecule has 10 heteroatoms. The number of sulfonamides is 1. The lowest BCUT2D eigenvalue weighted by molar-refractivity contribution is -0.114. The average Bonchev–Trinajstić information content (AvgIpc) is 2.77. The summed E-state index contributed by atoms with van der Waals surface area (Å²) in [5.41, 5.74) is 10.4. The van der Waals surface area contributed by atoms with Crippen molar-refractivity contribution in [2.24, 2.45) is 5.73 Å². The largest absolute Gasteiger partial charge is 0.366 e. The Kier molecular flexibility index (Phi) is 7.00. The number of primary amides is 1. The van der Waals surface area contributed by atoms with E-state index in [0.29, 0.717) is 11.3 Å². The highest BCUT2D eigenvalue weighted by atomic mass is 32.2. The van der Waals surface area contributed by atoms with Gasteiger partial charge < -0.3 is 5.73 Å². The van der Waals surface area contributed by atoms with Gasteiger partial charge in [0, 0.05) is 29.3 Å². The first-order chi connectivity index (χ1) is 15.6. The Bertz CT molecular complexity index is 1360. The van der Waals surface area contributed by atoms with Crippen LogP contribution in [0.1, 0.15) is 21.5 Å². The second kappa shape index (κ2) is 9.72. The summed E-state index contributed by atoms with van der Waals surface area (Å²) in [5.74, 6) is -2.28. The minimum Gasteiger partial charge on any atom is -0.366 e. The highest BCUT2D eigenvalue weighted by molar-refractivity contribution is 7.89. The average molecular weight is 469 g/mol. The van der Waals surface area contributed by atoms with Gasteiger partial charge in [-0.2, -0.15) is 0 Å². The molecule has 0 unspecified atom stereocenters. The van der Waals surface area contributed by atoms with Crippen LogP contribution in [-0.4, -0.2) is 25.2 Å². The monoisotopic (exact) mass is 468 g/mol. The van der Waals surface area contributed by atoms with E-state index >= 15 is 0 Å². The second-order valence-corrected chi connectivity index (χ2v) is 8.92. The molecule has 0 atom stereocenters. The molecule has 0 aliphatic heterocycles. The van der Waals surface area contributed by atoms with Gasteiger partial charge in [0.25, 0.3) is 15.9 Å². The van der Waals surface area contributed by atoms with Crippen LogP contribution in [-0.2, 0) is 21.2 Å². The molecule has 0 spiro atoms. The van der Waals surface area contributed by atoms with Crippen LogP contribution in [0.15, 0.2) is 77.8 Å². The smallest absolute Gasteiger partial charge is 0.266 e. The summed E-state index contributed by atoms with van der Waals surface area (Å²) in [6.07, 6.45) is 1.81. The van der Waals surface area contributed by atoms with Gasteiger partial charge >= 0.3 is 0 Å². The van der Waals surface area contributed by atoms with Crippen molar-refractivity contribution in [2.45, 2.75) is 18.2 Å². The maximum Gasteiger partial charge on any atom is 0.266 e. The van der Waals surface area contributed by atoms with Crippen molar-refractivity contribution >= 4 is 21.8 Å². The highest BCUT2D eigenvalue weighted by Gasteiger charge is 2.20. The van der Waals surface area contributed by atoms with E-state index in [4.69, 9.17) is 5.73 Å². The van der Waals surface area contributed by atoms with Crippen LogP contribution in [0.3, 0.4) is 0 Å². The third kappa shape index (κ3) is 5.88. The number of rotatable bonds is 8. The van der Waals surface area contributed by atoms with Crippen molar-refractivity contribution in [1.82, 2.24) is 15.2 Å². The van der Waals surface area contributed by atoms with E-state index in [1.54, 1.807) is 37.4 Å². The molecule has 0 radical (unpaired) electrons. The summed E-state index contributed by atoms with van der Waals surface area (Å²) in [6, 6.07) is 13.2. The Morgan fingerprint density at radius 1 is 1.12 bits per heavy atom. The van der Waals surface area contributed by atoms with E-state index in [9.17, 15) is 22.4 Å².